The number of amides is 2. The standard InChI is InChI=1S/C18H22N2O2/c1-12-5-7-16(8-6-12)22-11-19-18(21)20-17-14(3)9-13(2)10-15(17)4/h5-10H,11H2,1-4H3,(H2,19,20,21). The van der Waals surface area contributed by atoms with Crippen molar-refractivity contribution in [3.8, 4) is 5.75 Å². The van der Waals surface area contributed by atoms with E-state index in [0.29, 0.717) is 0 Å². The first kappa shape index (κ1) is 15.9. The van der Waals surface area contributed by atoms with Crippen LogP contribution in [0.3, 0.4) is 0 Å². The van der Waals surface area contributed by atoms with Crippen LogP contribution < -0.4 is 15.4 Å². The quantitative estimate of drug-likeness (QED) is 0.836. The fraction of sp³-hybridized carbons (Fsp3) is 0.278. The third-order valence-electron chi connectivity index (χ3n) is 3.41. The van der Waals surface area contributed by atoms with E-state index >= 15 is 0 Å². The Morgan fingerprint density at radius 1 is 0.955 bits per heavy atom. The highest BCUT2D eigenvalue weighted by Crippen LogP contribution is 2.21. The van der Waals surface area contributed by atoms with E-state index in [4.69, 9.17) is 4.74 Å². The maximum atomic E-state index is 11.9. The first-order chi connectivity index (χ1) is 10.5. The molecule has 0 saturated heterocycles. The summed E-state index contributed by atoms with van der Waals surface area (Å²) in [5.41, 5.74) is 5.30. The predicted molar refractivity (Wildman–Crippen MR) is 89.5 cm³/mol. The molecule has 0 spiro atoms. The van der Waals surface area contributed by atoms with Gasteiger partial charge in [0.25, 0.3) is 0 Å². The minimum absolute atomic E-state index is 0.124. The van der Waals surface area contributed by atoms with Crippen molar-refractivity contribution in [2.45, 2.75) is 27.7 Å². The van der Waals surface area contributed by atoms with Crippen molar-refractivity contribution in [2.75, 3.05) is 12.0 Å². The van der Waals surface area contributed by atoms with Crippen LogP contribution in [0.25, 0.3) is 0 Å². The summed E-state index contributed by atoms with van der Waals surface area (Å²) in [5.74, 6) is 0.730. The monoisotopic (exact) mass is 298 g/mol. The molecule has 0 aliphatic carbocycles. The summed E-state index contributed by atoms with van der Waals surface area (Å²) < 4.78 is 5.48. The smallest absolute Gasteiger partial charge is 0.321 e. The molecule has 2 N–H and O–H groups in total. The zero-order valence-electron chi connectivity index (χ0n) is 13.5. The first-order valence-electron chi connectivity index (χ1n) is 7.28. The van der Waals surface area contributed by atoms with Gasteiger partial charge in [0.1, 0.15) is 5.75 Å². The topological polar surface area (TPSA) is 50.4 Å². The number of ether oxygens (including phenoxy) is 1. The van der Waals surface area contributed by atoms with Gasteiger partial charge in [0, 0.05) is 5.69 Å². The van der Waals surface area contributed by atoms with Crippen LogP contribution in [0.4, 0.5) is 10.5 Å². The Hall–Kier alpha value is -2.49. The van der Waals surface area contributed by atoms with E-state index in [1.54, 1.807) is 0 Å². The number of rotatable bonds is 4. The molecule has 0 fully saturated rings. The molecule has 0 aliphatic heterocycles. The van der Waals surface area contributed by atoms with Gasteiger partial charge in [-0.3, -0.25) is 0 Å². The summed E-state index contributed by atoms with van der Waals surface area (Å²) in [6, 6.07) is 11.5. The molecular weight excluding hydrogens is 276 g/mol. The third kappa shape index (κ3) is 4.25. The Morgan fingerprint density at radius 3 is 2.14 bits per heavy atom. The lowest BCUT2D eigenvalue weighted by molar-refractivity contribution is 0.234. The number of aryl methyl sites for hydroxylation is 4. The van der Waals surface area contributed by atoms with Crippen molar-refractivity contribution < 1.29 is 9.53 Å². The summed E-state index contributed by atoms with van der Waals surface area (Å²) >= 11 is 0. The molecule has 4 nitrogen and oxygen atoms in total. The van der Waals surface area contributed by atoms with Gasteiger partial charge in [0.2, 0.25) is 0 Å². The van der Waals surface area contributed by atoms with Gasteiger partial charge in [-0.05, 0) is 51.0 Å². The van der Waals surface area contributed by atoms with Gasteiger partial charge in [0.15, 0.2) is 6.73 Å². The van der Waals surface area contributed by atoms with E-state index in [9.17, 15) is 4.79 Å². The fourth-order valence-electron chi connectivity index (χ4n) is 2.35. The van der Waals surface area contributed by atoms with Gasteiger partial charge >= 0.3 is 6.03 Å². The maximum absolute atomic E-state index is 11.9. The Bertz CT molecular complexity index is 640. The molecule has 2 rings (SSSR count). The van der Waals surface area contributed by atoms with Crippen LogP contribution in [0, 0.1) is 27.7 Å². The fourth-order valence-corrected chi connectivity index (χ4v) is 2.35. The van der Waals surface area contributed by atoms with Gasteiger partial charge in [-0.2, -0.15) is 0 Å². The van der Waals surface area contributed by atoms with Crippen LogP contribution in [0.1, 0.15) is 22.3 Å². The number of carbonyl (C=O) groups is 1. The van der Waals surface area contributed by atoms with Crippen LogP contribution in [-0.2, 0) is 0 Å². The Kier molecular flexibility index (Phi) is 5.04. The van der Waals surface area contributed by atoms with Crippen molar-refractivity contribution in [1.29, 1.82) is 0 Å². The minimum atomic E-state index is -0.276. The molecule has 4 heteroatoms. The molecule has 0 aliphatic rings. The van der Waals surface area contributed by atoms with E-state index in [-0.39, 0.29) is 12.8 Å². The lowest BCUT2D eigenvalue weighted by atomic mass is 10.1. The van der Waals surface area contributed by atoms with Crippen molar-refractivity contribution in [2.24, 2.45) is 0 Å². The second-order valence-corrected chi connectivity index (χ2v) is 5.51. The lowest BCUT2D eigenvalue weighted by Crippen LogP contribution is -2.32. The number of benzene rings is 2. The molecule has 2 aromatic rings. The molecule has 0 radical (unpaired) electrons. The van der Waals surface area contributed by atoms with E-state index in [2.05, 4.69) is 10.6 Å². The maximum Gasteiger partial charge on any atom is 0.321 e. The highest BCUT2D eigenvalue weighted by atomic mass is 16.5. The second kappa shape index (κ2) is 6.98. The largest absolute Gasteiger partial charge is 0.473 e. The zero-order valence-corrected chi connectivity index (χ0v) is 13.5. The van der Waals surface area contributed by atoms with Crippen molar-refractivity contribution >= 4 is 11.7 Å². The number of hydrogen-bond acceptors (Lipinski definition) is 2. The molecule has 116 valence electrons. The van der Waals surface area contributed by atoms with E-state index in [1.165, 1.54) is 11.1 Å². The molecule has 0 heterocycles. The van der Waals surface area contributed by atoms with E-state index in [1.807, 2.05) is 64.1 Å². The van der Waals surface area contributed by atoms with Crippen molar-refractivity contribution in [3.05, 3.63) is 58.7 Å². The summed E-state index contributed by atoms with van der Waals surface area (Å²) in [6.45, 7) is 8.15. The third-order valence-corrected chi connectivity index (χ3v) is 3.41. The molecule has 0 unspecified atom stereocenters. The number of hydrogen-bond donors (Lipinski definition) is 2. The van der Waals surface area contributed by atoms with Crippen LogP contribution in [0.2, 0.25) is 0 Å². The summed E-state index contributed by atoms with van der Waals surface area (Å²) in [5, 5.41) is 5.56. The van der Waals surface area contributed by atoms with E-state index in [0.717, 1.165) is 22.6 Å². The Balaban J connectivity index is 1.87. The first-order valence-corrected chi connectivity index (χ1v) is 7.28. The highest BCUT2D eigenvalue weighted by molar-refractivity contribution is 5.91. The average molecular weight is 298 g/mol. The van der Waals surface area contributed by atoms with Gasteiger partial charge in [0.05, 0.1) is 0 Å². The molecule has 0 atom stereocenters. The van der Waals surface area contributed by atoms with Gasteiger partial charge < -0.3 is 15.4 Å². The second-order valence-electron chi connectivity index (χ2n) is 5.51. The number of anilines is 1. The van der Waals surface area contributed by atoms with Crippen LogP contribution in [-0.4, -0.2) is 12.8 Å². The Labute approximate surface area is 131 Å². The molecule has 0 saturated carbocycles. The summed E-state index contributed by atoms with van der Waals surface area (Å²) in [6.07, 6.45) is 0. The molecule has 2 amide bonds. The van der Waals surface area contributed by atoms with Crippen LogP contribution in [0.15, 0.2) is 36.4 Å². The summed E-state index contributed by atoms with van der Waals surface area (Å²) in [4.78, 5) is 11.9. The average Bonchev–Trinajstić information content (AvgIpc) is 2.45. The number of carbonyl (C=O) groups excluding carboxylic acids is 1. The van der Waals surface area contributed by atoms with Gasteiger partial charge in [-0.15, -0.1) is 0 Å². The lowest BCUT2D eigenvalue weighted by Gasteiger charge is -2.14. The molecule has 0 aromatic heterocycles. The predicted octanol–water partition coefficient (Wildman–Crippen LogP) is 4.08. The molecular formula is C18H22N2O2. The zero-order chi connectivity index (χ0) is 16.1. The molecule has 2 aromatic carbocycles. The normalized spacial score (nSPS) is 10.2. The molecule has 22 heavy (non-hydrogen) atoms. The van der Waals surface area contributed by atoms with E-state index < -0.39 is 0 Å². The number of nitrogens with one attached hydrogen (secondary N) is 2. The van der Waals surface area contributed by atoms with Crippen LogP contribution in [0.5, 0.6) is 5.75 Å². The minimum Gasteiger partial charge on any atom is -0.473 e. The highest BCUT2D eigenvalue weighted by Gasteiger charge is 2.07. The van der Waals surface area contributed by atoms with Crippen LogP contribution >= 0.6 is 0 Å². The van der Waals surface area contributed by atoms with Crippen molar-refractivity contribution in [3.63, 3.8) is 0 Å². The summed E-state index contributed by atoms with van der Waals surface area (Å²) in [7, 11) is 0. The van der Waals surface area contributed by atoms with Crippen molar-refractivity contribution in [1.82, 2.24) is 5.32 Å². The SMILES string of the molecule is Cc1ccc(OCNC(=O)Nc2c(C)cc(C)cc2C)cc1. The van der Waals surface area contributed by atoms with Gasteiger partial charge in [-0.1, -0.05) is 35.4 Å². The Morgan fingerprint density at radius 2 is 1.55 bits per heavy atom. The molecule has 0 bridgehead atoms. The van der Waals surface area contributed by atoms with Gasteiger partial charge in [-0.25, -0.2) is 4.79 Å². The number of urea groups is 1.